The van der Waals surface area contributed by atoms with Gasteiger partial charge in [-0.05, 0) is 30.3 Å². The topological polar surface area (TPSA) is 121 Å². The van der Waals surface area contributed by atoms with Crippen molar-refractivity contribution in [2.75, 3.05) is 5.75 Å². The van der Waals surface area contributed by atoms with E-state index in [1.54, 1.807) is 18.5 Å². The van der Waals surface area contributed by atoms with Crippen LogP contribution in [-0.4, -0.2) is 41.5 Å². The van der Waals surface area contributed by atoms with Gasteiger partial charge in [-0.2, -0.15) is 0 Å². The van der Waals surface area contributed by atoms with Gasteiger partial charge < -0.3 is 10.1 Å². The second-order valence-corrected chi connectivity index (χ2v) is 7.91. The Balaban J connectivity index is 1.38. The van der Waals surface area contributed by atoms with Crippen LogP contribution in [-0.2, 0) is 4.79 Å². The molecule has 0 spiro atoms. The molecule has 0 aliphatic carbocycles. The van der Waals surface area contributed by atoms with Crippen LogP contribution in [0.2, 0.25) is 0 Å². The van der Waals surface area contributed by atoms with Crippen molar-refractivity contribution in [2.24, 2.45) is 10.2 Å². The maximum atomic E-state index is 12.4. The van der Waals surface area contributed by atoms with E-state index in [9.17, 15) is 9.90 Å². The highest BCUT2D eigenvalue weighted by Crippen LogP contribution is 2.35. The Morgan fingerprint density at radius 3 is 2.58 bits per heavy atom. The van der Waals surface area contributed by atoms with E-state index in [-0.39, 0.29) is 17.3 Å². The number of hydrogen-bond donors (Lipinski definition) is 2. The molecular formula is C23H17N7O2S. The van der Waals surface area contributed by atoms with Crippen molar-refractivity contribution in [1.29, 1.82) is 0 Å². The molecule has 162 valence electrons. The summed E-state index contributed by atoms with van der Waals surface area (Å²) in [6.45, 7) is 0. The number of aromatic hydroxyl groups is 1. The van der Waals surface area contributed by atoms with Crippen molar-refractivity contribution in [3.05, 3.63) is 79.1 Å². The fourth-order valence-electron chi connectivity index (χ4n) is 3.34. The zero-order valence-electron chi connectivity index (χ0n) is 17.2. The molecule has 10 heteroatoms. The van der Waals surface area contributed by atoms with Gasteiger partial charge in [0.05, 0.1) is 11.3 Å². The molecule has 0 fully saturated rings. The molecule has 0 saturated heterocycles. The highest BCUT2D eigenvalue weighted by molar-refractivity contribution is 7.99. The average Bonchev–Trinajstić information content (AvgIpc) is 3.43. The normalized spacial score (nSPS) is 11.4. The van der Waals surface area contributed by atoms with Crippen LogP contribution in [0.5, 0.6) is 5.88 Å². The second kappa shape index (κ2) is 9.05. The first-order chi connectivity index (χ1) is 16.2. The van der Waals surface area contributed by atoms with Gasteiger partial charge in [-0.3, -0.25) is 14.3 Å². The third kappa shape index (κ3) is 4.23. The first kappa shape index (κ1) is 20.6. The van der Waals surface area contributed by atoms with Gasteiger partial charge in [0.25, 0.3) is 5.91 Å². The lowest BCUT2D eigenvalue weighted by Gasteiger charge is -2.09. The van der Waals surface area contributed by atoms with Gasteiger partial charge in [-0.1, -0.05) is 48.2 Å². The van der Waals surface area contributed by atoms with Crippen LogP contribution in [0.25, 0.3) is 28.0 Å². The Hall–Kier alpha value is -4.31. The molecular weight excluding hydrogens is 438 g/mol. The van der Waals surface area contributed by atoms with E-state index in [1.165, 1.54) is 11.8 Å². The molecule has 0 aliphatic rings. The average molecular weight is 456 g/mol. The number of azo groups is 1. The molecule has 1 amide bonds. The first-order valence-corrected chi connectivity index (χ1v) is 11.0. The maximum Gasteiger partial charge on any atom is 0.275 e. The number of carbonyl (C=O) groups excluding carboxylic acids is 1. The van der Waals surface area contributed by atoms with Crippen molar-refractivity contribution in [2.45, 2.75) is 5.16 Å². The number of H-pyrrole nitrogens is 1. The molecule has 0 aliphatic heterocycles. The molecule has 0 atom stereocenters. The van der Waals surface area contributed by atoms with E-state index >= 15 is 0 Å². The first-order valence-electron chi connectivity index (χ1n) is 9.99. The lowest BCUT2D eigenvalue weighted by Crippen LogP contribution is -2.02. The van der Waals surface area contributed by atoms with Gasteiger partial charge in [-0.25, -0.2) is 0 Å². The number of aromatic nitrogens is 5. The van der Waals surface area contributed by atoms with E-state index in [1.807, 2.05) is 65.2 Å². The molecule has 2 N–H and O–H groups in total. The summed E-state index contributed by atoms with van der Waals surface area (Å²) >= 11 is 1.21. The van der Waals surface area contributed by atoms with Crippen LogP contribution < -0.4 is 0 Å². The van der Waals surface area contributed by atoms with E-state index in [0.717, 1.165) is 11.3 Å². The summed E-state index contributed by atoms with van der Waals surface area (Å²) in [5.74, 6) is 0.0568. The molecule has 0 unspecified atom stereocenters. The number of thioether (sulfide) groups is 1. The van der Waals surface area contributed by atoms with Crippen molar-refractivity contribution in [3.8, 4) is 23.0 Å². The van der Waals surface area contributed by atoms with Gasteiger partial charge in [0, 0.05) is 29.0 Å². The highest BCUT2D eigenvalue weighted by atomic mass is 32.2. The smallest absolute Gasteiger partial charge is 0.275 e. The summed E-state index contributed by atoms with van der Waals surface area (Å²) in [5, 5.41) is 27.7. The molecule has 3 aromatic heterocycles. The monoisotopic (exact) mass is 455 g/mol. The van der Waals surface area contributed by atoms with Crippen molar-refractivity contribution >= 4 is 34.3 Å². The highest BCUT2D eigenvalue weighted by Gasteiger charge is 2.17. The van der Waals surface area contributed by atoms with Crippen LogP contribution >= 0.6 is 11.8 Å². The van der Waals surface area contributed by atoms with Gasteiger partial charge >= 0.3 is 0 Å². The molecule has 0 bridgehead atoms. The van der Waals surface area contributed by atoms with E-state index in [4.69, 9.17) is 0 Å². The predicted octanol–water partition coefficient (Wildman–Crippen LogP) is 4.92. The van der Waals surface area contributed by atoms with Crippen LogP contribution in [0, 0.1) is 0 Å². The van der Waals surface area contributed by atoms with Crippen molar-refractivity contribution in [3.63, 3.8) is 0 Å². The van der Waals surface area contributed by atoms with Crippen LogP contribution in [0.3, 0.4) is 0 Å². The molecule has 5 aromatic rings. The number of nitrogens with zero attached hydrogens (tertiary/aromatic N) is 6. The standard InChI is InChI=1S/C23H17N7O2S/c31-19(26-27-20-17-8-4-5-9-18(17)25-22(20)32)14-33-23-29-28-21(15-10-12-24-13-11-15)30(23)16-6-2-1-3-7-16/h1-13,25,32H,14H2. The Morgan fingerprint density at radius 2 is 1.76 bits per heavy atom. The largest absolute Gasteiger partial charge is 0.493 e. The SMILES string of the molecule is O=C(CSc1nnc(-c2ccncc2)n1-c1ccccc1)N=Nc1c(O)[nH]c2ccccc12. The quantitative estimate of drug-likeness (QED) is 0.277. The minimum absolute atomic E-state index is 0.00787. The molecule has 2 aromatic carbocycles. The summed E-state index contributed by atoms with van der Waals surface area (Å²) in [5.41, 5.74) is 2.67. The molecule has 0 radical (unpaired) electrons. The summed E-state index contributed by atoms with van der Waals surface area (Å²) in [7, 11) is 0. The second-order valence-electron chi connectivity index (χ2n) is 6.96. The summed E-state index contributed by atoms with van der Waals surface area (Å²) in [6.07, 6.45) is 3.38. The summed E-state index contributed by atoms with van der Waals surface area (Å²) < 4.78 is 1.88. The number of aromatic amines is 1. The van der Waals surface area contributed by atoms with Gasteiger partial charge in [-0.15, -0.1) is 20.4 Å². The Morgan fingerprint density at radius 1 is 1.00 bits per heavy atom. The zero-order chi connectivity index (χ0) is 22.6. The molecule has 5 rings (SSSR count). The number of para-hydroxylation sites is 2. The van der Waals surface area contributed by atoms with Gasteiger partial charge in [0.1, 0.15) is 0 Å². The third-order valence-electron chi connectivity index (χ3n) is 4.83. The van der Waals surface area contributed by atoms with E-state index in [2.05, 4.69) is 30.4 Å². The fraction of sp³-hybridized carbons (Fsp3) is 0.0435. The number of carbonyl (C=O) groups is 1. The van der Waals surface area contributed by atoms with Crippen LogP contribution in [0.4, 0.5) is 5.69 Å². The summed E-state index contributed by atoms with van der Waals surface area (Å²) in [6, 6.07) is 20.6. The predicted molar refractivity (Wildman–Crippen MR) is 125 cm³/mol. The number of hydrogen-bond acceptors (Lipinski definition) is 7. The van der Waals surface area contributed by atoms with E-state index < -0.39 is 5.91 Å². The number of rotatable bonds is 6. The number of benzene rings is 2. The van der Waals surface area contributed by atoms with Crippen LogP contribution in [0.15, 0.2) is 94.5 Å². The van der Waals surface area contributed by atoms with Crippen molar-refractivity contribution in [1.82, 2.24) is 24.7 Å². The maximum absolute atomic E-state index is 12.4. The molecule has 33 heavy (non-hydrogen) atoms. The van der Waals surface area contributed by atoms with Crippen LogP contribution in [0.1, 0.15) is 0 Å². The minimum atomic E-state index is -0.460. The Labute approximate surface area is 192 Å². The Bertz CT molecular complexity index is 1450. The lowest BCUT2D eigenvalue weighted by atomic mass is 10.2. The minimum Gasteiger partial charge on any atom is -0.493 e. The zero-order valence-corrected chi connectivity index (χ0v) is 18.0. The molecule has 3 heterocycles. The third-order valence-corrected chi connectivity index (χ3v) is 5.75. The van der Waals surface area contributed by atoms with Gasteiger partial charge in [0.2, 0.25) is 5.88 Å². The number of fused-ring (bicyclic) bond motifs is 1. The molecule has 0 saturated carbocycles. The number of pyridine rings is 1. The van der Waals surface area contributed by atoms with E-state index in [0.29, 0.717) is 21.9 Å². The van der Waals surface area contributed by atoms with Crippen molar-refractivity contribution < 1.29 is 9.90 Å². The summed E-state index contributed by atoms with van der Waals surface area (Å²) in [4.78, 5) is 19.3. The van der Waals surface area contributed by atoms with Gasteiger partial charge in [0.15, 0.2) is 16.7 Å². The lowest BCUT2D eigenvalue weighted by molar-refractivity contribution is -0.115. The fourth-order valence-corrected chi connectivity index (χ4v) is 4.07. The number of nitrogens with one attached hydrogen (secondary N) is 1. The number of amides is 1. The molecule has 9 nitrogen and oxygen atoms in total. The Kier molecular flexibility index (Phi) is 5.64.